The molecule has 0 radical (unpaired) electrons. The molecule has 0 amide bonds. The number of carbonyl (C=O) groups is 1. The summed E-state index contributed by atoms with van der Waals surface area (Å²) in [5.41, 5.74) is 0.194. The number of rotatable bonds is 5. The second kappa shape index (κ2) is 5.84. The molecule has 9 heteroatoms. The first-order valence-electron chi connectivity index (χ1n) is 5.84. The van der Waals surface area contributed by atoms with E-state index in [9.17, 15) is 13.2 Å². The number of aromatic nitrogens is 2. The van der Waals surface area contributed by atoms with Crippen LogP contribution >= 0.6 is 11.6 Å². The SMILES string of the molecule is Cc1[nH]nc(C(=O)O)c1S(=O)(=O)NCc1ccccc1Cl. The minimum atomic E-state index is -4.02. The summed E-state index contributed by atoms with van der Waals surface area (Å²) in [6, 6.07) is 6.76. The van der Waals surface area contributed by atoms with Crippen LogP contribution < -0.4 is 4.72 Å². The van der Waals surface area contributed by atoms with Gasteiger partial charge in [-0.05, 0) is 18.6 Å². The van der Waals surface area contributed by atoms with Crippen molar-refractivity contribution in [3.63, 3.8) is 0 Å². The van der Waals surface area contributed by atoms with Crippen molar-refractivity contribution in [1.82, 2.24) is 14.9 Å². The second-order valence-corrected chi connectivity index (χ2v) is 6.36. The first kappa shape index (κ1) is 15.5. The Labute approximate surface area is 126 Å². The lowest BCUT2D eigenvalue weighted by atomic mass is 10.2. The Morgan fingerprint density at radius 2 is 2.10 bits per heavy atom. The van der Waals surface area contributed by atoms with Crippen LogP contribution in [-0.2, 0) is 16.6 Å². The third-order valence-corrected chi connectivity index (χ3v) is 4.70. The van der Waals surface area contributed by atoms with Gasteiger partial charge in [0, 0.05) is 11.6 Å². The number of aromatic carboxylic acids is 1. The maximum Gasteiger partial charge on any atom is 0.357 e. The molecule has 112 valence electrons. The van der Waals surface area contributed by atoms with E-state index in [4.69, 9.17) is 16.7 Å². The molecule has 0 atom stereocenters. The number of hydrogen-bond acceptors (Lipinski definition) is 4. The van der Waals surface area contributed by atoms with E-state index in [2.05, 4.69) is 14.9 Å². The van der Waals surface area contributed by atoms with Crippen molar-refractivity contribution in [2.45, 2.75) is 18.4 Å². The molecule has 21 heavy (non-hydrogen) atoms. The van der Waals surface area contributed by atoms with Gasteiger partial charge < -0.3 is 5.11 Å². The third-order valence-electron chi connectivity index (χ3n) is 2.77. The Morgan fingerprint density at radius 1 is 1.43 bits per heavy atom. The molecule has 2 rings (SSSR count). The molecule has 0 unspecified atom stereocenters. The predicted molar refractivity (Wildman–Crippen MR) is 75.8 cm³/mol. The maximum atomic E-state index is 12.2. The number of benzene rings is 1. The molecule has 2 aromatic rings. The molecule has 7 nitrogen and oxygen atoms in total. The summed E-state index contributed by atoms with van der Waals surface area (Å²) in [7, 11) is -4.02. The minimum absolute atomic E-state index is 0.0499. The number of nitrogens with zero attached hydrogens (tertiary/aromatic N) is 1. The van der Waals surface area contributed by atoms with E-state index < -0.39 is 21.7 Å². The Bertz CT molecular complexity index is 786. The maximum absolute atomic E-state index is 12.2. The fourth-order valence-electron chi connectivity index (χ4n) is 1.78. The number of aryl methyl sites for hydroxylation is 1. The third kappa shape index (κ3) is 3.23. The fourth-order valence-corrected chi connectivity index (χ4v) is 3.31. The van der Waals surface area contributed by atoms with Crippen molar-refractivity contribution in [2.75, 3.05) is 0 Å². The number of aromatic amines is 1. The van der Waals surface area contributed by atoms with E-state index in [1.165, 1.54) is 6.92 Å². The lowest BCUT2D eigenvalue weighted by molar-refractivity contribution is 0.0686. The first-order valence-corrected chi connectivity index (χ1v) is 7.70. The Kier molecular flexibility index (Phi) is 4.31. The zero-order chi connectivity index (χ0) is 15.6. The van der Waals surface area contributed by atoms with Crippen molar-refractivity contribution >= 4 is 27.6 Å². The van der Waals surface area contributed by atoms with E-state index in [-0.39, 0.29) is 17.1 Å². The highest BCUT2D eigenvalue weighted by atomic mass is 35.5. The number of sulfonamides is 1. The van der Waals surface area contributed by atoms with Crippen LogP contribution in [0.5, 0.6) is 0 Å². The molecular formula is C12H12ClN3O4S. The molecule has 0 spiro atoms. The lowest BCUT2D eigenvalue weighted by Gasteiger charge is -2.08. The second-order valence-electron chi connectivity index (χ2n) is 4.25. The highest BCUT2D eigenvalue weighted by Crippen LogP contribution is 2.19. The first-order chi connectivity index (χ1) is 9.83. The molecule has 0 bridgehead atoms. The monoisotopic (exact) mass is 329 g/mol. The van der Waals surface area contributed by atoms with Crippen molar-refractivity contribution < 1.29 is 18.3 Å². The van der Waals surface area contributed by atoms with Crippen LogP contribution in [0.15, 0.2) is 29.2 Å². The van der Waals surface area contributed by atoms with Crippen LogP contribution in [0.25, 0.3) is 0 Å². The van der Waals surface area contributed by atoms with Crippen molar-refractivity contribution in [1.29, 1.82) is 0 Å². The lowest BCUT2D eigenvalue weighted by Crippen LogP contribution is -2.25. The Hall–Kier alpha value is -1.90. The molecular weight excluding hydrogens is 318 g/mol. The molecule has 0 fully saturated rings. The van der Waals surface area contributed by atoms with Gasteiger partial charge in [-0.25, -0.2) is 17.9 Å². The van der Waals surface area contributed by atoms with Crippen LogP contribution in [0.3, 0.4) is 0 Å². The molecule has 1 aromatic heterocycles. The van der Waals surface area contributed by atoms with E-state index >= 15 is 0 Å². The van der Waals surface area contributed by atoms with Crippen LogP contribution in [0.4, 0.5) is 0 Å². The van der Waals surface area contributed by atoms with Crippen LogP contribution in [-0.4, -0.2) is 29.7 Å². The van der Waals surface area contributed by atoms with E-state index in [1.54, 1.807) is 24.3 Å². The molecule has 1 aromatic carbocycles. The van der Waals surface area contributed by atoms with Crippen molar-refractivity contribution in [2.24, 2.45) is 0 Å². The minimum Gasteiger partial charge on any atom is -0.476 e. The summed E-state index contributed by atoms with van der Waals surface area (Å²) in [5.74, 6) is -1.42. The smallest absolute Gasteiger partial charge is 0.357 e. The summed E-state index contributed by atoms with van der Waals surface area (Å²) in [6.45, 7) is 1.38. The Balaban J connectivity index is 2.30. The summed E-state index contributed by atoms with van der Waals surface area (Å²) < 4.78 is 26.8. The van der Waals surface area contributed by atoms with E-state index in [1.807, 2.05) is 0 Å². The largest absolute Gasteiger partial charge is 0.476 e. The zero-order valence-electron chi connectivity index (χ0n) is 10.9. The van der Waals surface area contributed by atoms with Gasteiger partial charge in [0.1, 0.15) is 4.90 Å². The van der Waals surface area contributed by atoms with Gasteiger partial charge in [-0.15, -0.1) is 0 Å². The zero-order valence-corrected chi connectivity index (χ0v) is 12.5. The summed E-state index contributed by atoms with van der Waals surface area (Å²) in [5, 5.41) is 15.2. The molecule has 0 aliphatic carbocycles. The van der Waals surface area contributed by atoms with Gasteiger partial charge in [-0.2, -0.15) is 5.10 Å². The van der Waals surface area contributed by atoms with Gasteiger partial charge in [0.05, 0.1) is 5.69 Å². The fraction of sp³-hybridized carbons (Fsp3) is 0.167. The number of carboxylic acids is 1. The van der Waals surface area contributed by atoms with Gasteiger partial charge in [-0.1, -0.05) is 29.8 Å². The summed E-state index contributed by atoms with van der Waals surface area (Å²) >= 11 is 5.94. The molecule has 3 N–H and O–H groups in total. The highest BCUT2D eigenvalue weighted by Gasteiger charge is 2.28. The van der Waals surface area contributed by atoms with E-state index in [0.29, 0.717) is 10.6 Å². The Morgan fingerprint density at radius 3 is 2.71 bits per heavy atom. The number of carboxylic acid groups (broad SMARTS) is 1. The van der Waals surface area contributed by atoms with Crippen LogP contribution in [0.2, 0.25) is 5.02 Å². The van der Waals surface area contributed by atoms with Crippen molar-refractivity contribution in [3.8, 4) is 0 Å². The molecule has 0 saturated carbocycles. The molecule has 0 aliphatic heterocycles. The van der Waals surface area contributed by atoms with Gasteiger partial charge in [0.25, 0.3) is 0 Å². The topological polar surface area (TPSA) is 112 Å². The molecule has 0 aliphatic rings. The predicted octanol–water partition coefficient (Wildman–Crippen LogP) is 1.55. The van der Waals surface area contributed by atoms with Crippen LogP contribution in [0, 0.1) is 6.92 Å². The number of nitrogens with one attached hydrogen (secondary N) is 2. The molecule has 0 saturated heterocycles. The molecule has 1 heterocycles. The van der Waals surface area contributed by atoms with Crippen molar-refractivity contribution in [3.05, 3.63) is 46.2 Å². The quantitative estimate of drug-likeness (QED) is 0.770. The normalized spacial score (nSPS) is 11.5. The average molecular weight is 330 g/mol. The van der Waals surface area contributed by atoms with Gasteiger partial charge in [-0.3, -0.25) is 5.10 Å². The van der Waals surface area contributed by atoms with Gasteiger partial charge >= 0.3 is 5.97 Å². The highest BCUT2D eigenvalue weighted by molar-refractivity contribution is 7.89. The number of halogens is 1. The summed E-state index contributed by atoms with van der Waals surface area (Å²) in [6.07, 6.45) is 0. The van der Waals surface area contributed by atoms with Gasteiger partial charge in [0.2, 0.25) is 10.0 Å². The standard InChI is InChI=1S/C12H12ClN3O4S/c1-7-11(10(12(17)18)16-15-7)21(19,20)14-6-8-4-2-3-5-9(8)13/h2-5,14H,6H2,1H3,(H,15,16)(H,17,18). The average Bonchev–Trinajstić information content (AvgIpc) is 2.81. The van der Waals surface area contributed by atoms with Crippen LogP contribution in [0.1, 0.15) is 21.7 Å². The number of hydrogen-bond donors (Lipinski definition) is 3. The van der Waals surface area contributed by atoms with E-state index in [0.717, 1.165) is 0 Å². The summed E-state index contributed by atoms with van der Waals surface area (Å²) in [4.78, 5) is 10.6. The number of H-pyrrole nitrogens is 1. The van der Waals surface area contributed by atoms with Gasteiger partial charge in [0.15, 0.2) is 5.69 Å².